The van der Waals surface area contributed by atoms with Gasteiger partial charge in [0, 0.05) is 79.0 Å². The Balaban J connectivity index is 0.785. The maximum absolute atomic E-state index is 16.3. The molecule has 0 radical (unpaired) electrons. The Labute approximate surface area is 378 Å². The second kappa shape index (κ2) is 18.1. The zero-order valence-corrected chi connectivity index (χ0v) is 37.0. The molecule has 334 valence electrons. The van der Waals surface area contributed by atoms with Crippen molar-refractivity contribution in [2.75, 3.05) is 49.5 Å². The van der Waals surface area contributed by atoms with Gasteiger partial charge >= 0.3 is 6.03 Å². The van der Waals surface area contributed by atoms with Crippen molar-refractivity contribution in [1.29, 1.82) is 0 Å². The summed E-state index contributed by atoms with van der Waals surface area (Å²) < 4.78 is 16.3. The smallest absolute Gasteiger partial charge is 0.328 e. The van der Waals surface area contributed by atoms with Crippen LogP contribution >= 0.6 is 23.2 Å². The fourth-order valence-corrected chi connectivity index (χ4v) is 12.1. The zero-order chi connectivity index (χ0) is 43.9. The molecule has 6 amide bonds. The van der Waals surface area contributed by atoms with Crippen LogP contribution in [0, 0.1) is 11.7 Å². The molecule has 3 aromatic carbocycles. The van der Waals surface area contributed by atoms with Gasteiger partial charge in [-0.15, -0.1) is 0 Å². The molecule has 3 saturated heterocycles. The van der Waals surface area contributed by atoms with Crippen molar-refractivity contribution in [1.82, 2.24) is 25.8 Å². The predicted octanol–water partition coefficient (Wildman–Crippen LogP) is 7.07. The fraction of sp³-hybridized carbons (Fsp3) is 0.521. The summed E-state index contributed by atoms with van der Waals surface area (Å²) in [4.78, 5) is 72.8. The number of carbonyl (C=O) groups excluding carboxylic acids is 5. The maximum Gasteiger partial charge on any atom is 0.328 e. The quantitative estimate of drug-likeness (QED) is 0.160. The highest BCUT2D eigenvalue weighted by molar-refractivity contribution is 6.31. The van der Waals surface area contributed by atoms with E-state index in [0.29, 0.717) is 75.3 Å². The van der Waals surface area contributed by atoms with Gasteiger partial charge in [0.15, 0.2) is 0 Å². The molecule has 4 N–H and O–H groups in total. The molecule has 0 bridgehead atoms. The second-order valence-electron chi connectivity index (χ2n) is 18.4. The highest BCUT2D eigenvalue weighted by Gasteiger charge is 2.72. The molecule has 2 aliphatic carbocycles. The Kier molecular flexibility index (Phi) is 12.6. The number of nitrogens with one attached hydrogen (secondary N) is 4. The van der Waals surface area contributed by atoms with Crippen molar-refractivity contribution in [2.24, 2.45) is 5.92 Å². The van der Waals surface area contributed by atoms with E-state index >= 15 is 4.39 Å². The van der Waals surface area contributed by atoms with Gasteiger partial charge in [0.2, 0.25) is 23.6 Å². The zero-order valence-electron chi connectivity index (χ0n) is 35.5. The number of fused-ring (bicyclic) bond motifs is 3. The van der Waals surface area contributed by atoms with Crippen LogP contribution < -0.4 is 26.2 Å². The molecule has 15 heteroatoms. The largest absolute Gasteiger partial charge is 0.352 e. The first-order valence-corrected chi connectivity index (χ1v) is 23.6. The number of amides is 6. The minimum absolute atomic E-state index is 0.0612. The number of piperazine rings is 1. The molecule has 2 saturated carbocycles. The highest BCUT2D eigenvalue weighted by Crippen LogP contribution is 2.63. The number of benzene rings is 3. The van der Waals surface area contributed by atoms with E-state index < -0.39 is 28.7 Å². The van der Waals surface area contributed by atoms with E-state index in [0.717, 1.165) is 69.4 Å². The van der Waals surface area contributed by atoms with Gasteiger partial charge in [0.25, 0.3) is 0 Å². The summed E-state index contributed by atoms with van der Waals surface area (Å²) in [5, 5.41) is 12.9. The van der Waals surface area contributed by atoms with Gasteiger partial charge in [-0.05, 0) is 111 Å². The number of hydrogen-bond acceptors (Lipinski definition) is 7. The van der Waals surface area contributed by atoms with Gasteiger partial charge < -0.3 is 15.5 Å². The molecule has 4 aliphatic heterocycles. The number of hydrogen-bond donors (Lipinski definition) is 4. The topological polar surface area (TPSA) is 143 Å². The number of nitrogens with zero attached hydrogens (tertiary/aromatic N) is 3. The Morgan fingerprint density at radius 3 is 2.32 bits per heavy atom. The van der Waals surface area contributed by atoms with Crippen molar-refractivity contribution in [2.45, 2.75) is 112 Å². The molecule has 4 heterocycles. The lowest BCUT2D eigenvalue weighted by Gasteiger charge is -2.47. The summed E-state index contributed by atoms with van der Waals surface area (Å²) in [7, 11) is 0. The Morgan fingerprint density at radius 2 is 1.59 bits per heavy atom. The molecule has 2 spiro atoms. The number of halogens is 3. The summed E-state index contributed by atoms with van der Waals surface area (Å²) in [6.07, 6.45) is 10.0. The second-order valence-corrected chi connectivity index (χ2v) is 19.3. The van der Waals surface area contributed by atoms with E-state index in [1.54, 1.807) is 29.2 Å². The van der Waals surface area contributed by atoms with E-state index in [-0.39, 0.29) is 52.2 Å². The molecule has 5 fully saturated rings. The van der Waals surface area contributed by atoms with Crippen LogP contribution in [0.2, 0.25) is 10.0 Å². The van der Waals surface area contributed by atoms with Gasteiger partial charge in [0.1, 0.15) is 11.2 Å². The molecule has 6 aliphatic rings. The van der Waals surface area contributed by atoms with Crippen molar-refractivity contribution >= 4 is 64.2 Å². The molecule has 63 heavy (non-hydrogen) atoms. The minimum Gasteiger partial charge on any atom is -0.352 e. The van der Waals surface area contributed by atoms with E-state index in [1.165, 1.54) is 11.6 Å². The third-order valence-electron chi connectivity index (χ3n) is 14.9. The van der Waals surface area contributed by atoms with Crippen LogP contribution in [0.3, 0.4) is 0 Å². The Hall–Kier alpha value is -4.56. The summed E-state index contributed by atoms with van der Waals surface area (Å²) in [6, 6.07) is 16.7. The number of aryl methyl sites for hydroxylation is 1. The first kappa shape index (κ1) is 43.7. The third kappa shape index (κ3) is 8.23. The minimum atomic E-state index is -1.29. The Bertz CT molecular complexity index is 2260. The van der Waals surface area contributed by atoms with E-state index in [2.05, 4.69) is 26.2 Å². The summed E-state index contributed by atoms with van der Waals surface area (Å²) in [5.74, 6) is -2.20. The van der Waals surface area contributed by atoms with E-state index in [9.17, 15) is 24.0 Å². The first-order chi connectivity index (χ1) is 30.5. The highest BCUT2D eigenvalue weighted by atomic mass is 35.5. The number of unbranched alkanes of at least 4 members (excludes halogenated alkanes) is 1. The van der Waals surface area contributed by atoms with Gasteiger partial charge in [0.05, 0.1) is 11.1 Å². The number of urea groups is 1. The van der Waals surface area contributed by atoms with Gasteiger partial charge in [-0.1, -0.05) is 72.8 Å². The van der Waals surface area contributed by atoms with Crippen molar-refractivity contribution in [3.05, 3.63) is 93.2 Å². The van der Waals surface area contributed by atoms with Crippen LogP contribution in [-0.4, -0.2) is 96.4 Å². The normalized spacial score (nSPS) is 27.1. The van der Waals surface area contributed by atoms with Crippen LogP contribution in [0.5, 0.6) is 0 Å². The predicted molar refractivity (Wildman–Crippen MR) is 240 cm³/mol. The lowest BCUT2D eigenvalue weighted by atomic mass is 9.55. The van der Waals surface area contributed by atoms with Crippen LogP contribution in [0.15, 0.2) is 60.7 Å². The molecule has 0 aromatic heterocycles. The average Bonchev–Trinajstić information content (AvgIpc) is 3.74. The monoisotopic (exact) mass is 899 g/mol. The van der Waals surface area contributed by atoms with E-state index in [4.69, 9.17) is 23.2 Å². The molecule has 3 aromatic rings. The van der Waals surface area contributed by atoms with Crippen molar-refractivity contribution in [3.63, 3.8) is 0 Å². The summed E-state index contributed by atoms with van der Waals surface area (Å²) >= 11 is 12.8. The molecular weight excluding hydrogens is 844 g/mol. The number of imide groups is 1. The number of anilines is 2. The number of carbonyl (C=O) groups is 5. The van der Waals surface area contributed by atoms with Crippen LogP contribution in [0.4, 0.5) is 20.6 Å². The first-order valence-electron chi connectivity index (χ1n) is 22.8. The standard InChI is InChI=1S/C48H56Cl2FN7O5/c49-32-14-19-36-38(29-32)53-45(62)48(36)40(35-8-6-9-37(50)41(35)51)42(55-47(48)21-3-1-4-22-47)43(60)52-33-15-12-31(13-16-33)44(61)57-27-25-56(26-28-57)23-5-2-7-30-10-17-34(18-11-30)58-24-20-39(59)54-46(58)63/h6,8-11,14,17-19,29,31,33,40,42,55H,1-5,7,12-13,15-16,20-28H2,(H,52,60)(H,53,62)(H,54,59,63)/t31?,33?,40-,42+,48+/m0/s1. The maximum atomic E-state index is 16.3. The summed E-state index contributed by atoms with van der Waals surface area (Å²) in [6.45, 7) is 4.45. The number of rotatable bonds is 10. The lowest BCUT2D eigenvalue weighted by Crippen LogP contribution is -2.60. The SMILES string of the molecule is O=C1CCN(c2ccc(CCCCN3CCN(C(=O)C4CCC(NC(=O)[C@@H]5NC6(CCCCC6)[C@@]6(C(=O)Nc7cc(Cl)ccc76)[C@H]5c5cccc(Cl)c5F)CC4)CC3)cc2)C(=O)N1. The van der Waals surface area contributed by atoms with Gasteiger partial charge in [-0.25, -0.2) is 9.18 Å². The Morgan fingerprint density at radius 1 is 0.841 bits per heavy atom. The van der Waals surface area contributed by atoms with Crippen LogP contribution in [-0.2, 0) is 31.0 Å². The fourth-order valence-electron chi connectivity index (χ4n) is 11.8. The molecular formula is C48H56Cl2FN7O5. The average molecular weight is 901 g/mol. The molecule has 12 nitrogen and oxygen atoms in total. The van der Waals surface area contributed by atoms with Crippen molar-refractivity contribution in [3.8, 4) is 0 Å². The van der Waals surface area contributed by atoms with Crippen LogP contribution in [0.1, 0.15) is 99.7 Å². The lowest BCUT2D eigenvalue weighted by molar-refractivity contribution is -0.138. The molecule has 3 atom stereocenters. The summed E-state index contributed by atoms with van der Waals surface area (Å²) in [5.41, 5.74) is 1.44. The third-order valence-corrected chi connectivity index (χ3v) is 15.4. The van der Waals surface area contributed by atoms with E-state index in [1.807, 2.05) is 35.2 Å². The van der Waals surface area contributed by atoms with Crippen molar-refractivity contribution < 1.29 is 28.4 Å². The van der Waals surface area contributed by atoms with Gasteiger partial charge in [-0.2, -0.15) is 0 Å². The molecule has 0 unspecified atom stereocenters. The van der Waals surface area contributed by atoms with Crippen LogP contribution in [0.25, 0.3) is 0 Å². The van der Waals surface area contributed by atoms with Gasteiger partial charge in [-0.3, -0.25) is 39.6 Å². The molecule has 9 rings (SSSR count).